The van der Waals surface area contributed by atoms with Gasteiger partial charge in [0.15, 0.2) is 0 Å². The smallest absolute Gasteiger partial charge is 0.246 e. The molecular formula is C23H28FN3O. The van der Waals surface area contributed by atoms with Crippen LogP contribution in [0.1, 0.15) is 41.4 Å². The van der Waals surface area contributed by atoms with E-state index in [0.29, 0.717) is 31.2 Å². The second-order valence-corrected chi connectivity index (χ2v) is 7.95. The zero-order valence-corrected chi connectivity index (χ0v) is 16.7. The van der Waals surface area contributed by atoms with Crippen molar-refractivity contribution in [2.24, 2.45) is 0 Å². The maximum Gasteiger partial charge on any atom is 0.246 e. The monoisotopic (exact) mass is 381 g/mol. The molecule has 4 nitrogen and oxygen atoms in total. The Morgan fingerprint density at radius 3 is 2.54 bits per heavy atom. The highest BCUT2D eigenvalue weighted by atomic mass is 19.1. The Labute approximate surface area is 166 Å². The van der Waals surface area contributed by atoms with Gasteiger partial charge < -0.3 is 9.47 Å². The summed E-state index contributed by atoms with van der Waals surface area (Å²) in [4.78, 5) is 16.7. The topological polar surface area (TPSA) is 28.5 Å². The van der Waals surface area contributed by atoms with E-state index in [9.17, 15) is 9.18 Å². The number of halogens is 1. The normalized spacial score (nSPS) is 18.2. The number of carbonyl (C=O) groups excluding carboxylic acids is 1. The molecule has 1 amide bonds. The van der Waals surface area contributed by atoms with Crippen LogP contribution in [0.25, 0.3) is 6.08 Å². The van der Waals surface area contributed by atoms with Crippen molar-refractivity contribution in [3.8, 4) is 0 Å². The number of piperazine rings is 1. The number of rotatable bonds is 5. The number of carbonyl (C=O) groups is 1. The average molecular weight is 381 g/mol. The molecule has 1 aromatic carbocycles. The predicted molar refractivity (Wildman–Crippen MR) is 109 cm³/mol. The molecule has 0 atom stereocenters. The largest absolute Gasteiger partial charge is 0.346 e. The van der Waals surface area contributed by atoms with E-state index in [1.165, 1.54) is 30.3 Å². The minimum absolute atomic E-state index is 0.0572. The van der Waals surface area contributed by atoms with Crippen LogP contribution in [-0.4, -0.2) is 46.5 Å². The average Bonchev–Trinajstić information content (AvgIpc) is 3.48. The summed E-state index contributed by atoms with van der Waals surface area (Å²) < 4.78 is 16.2. The van der Waals surface area contributed by atoms with Gasteiger partial charge in [-0.2, -0.15) is 0 Å². The quantitative estimate of drug-likeness (QED) is 0.734. The molecule has 28 heavy (non-hydrogen) atoms. The Balaban J connectivity index is 1.32. The van der Waals surface area contributed by atoms with Crippen molar-refractivity contribution < 1.29 is 9.18 Å². The van der Waals surface area contributed by atoms with E-state index in [2.05, 4.69) is 29.4 Å². The van der Waals surface area contributed by atoms with Crippen molar-refractivity contribution in [1.82, 2.24) is 14.4 Å². The van der Waals surface area contributed by atoms with Crippen LogP contribution in [-0.2, 0) is 11.3 Å². The molecule has 0 unspecified atom stereocenters. The van der Waals surface area contributed by atoms with Crippen molar-refractivity contribution in [3.05, 3.63) is 64.7 Å². The lowest BCUT2D eigenvalue weighted by Crippen LogP contribution is -2.47. The summed E-state index contributed by atoms with van der Waals surface area (Å²) in [5, 5.41) is 0. The van der Waals surface area contributed by atoms with Gasteiger partial charge in [0.2, 0.25) is 5.91 Å². The fourth-order valence-corrected chi connectivity index (χ4v) is 4.13. The van der Waals surface area contributed by atoms with E-state index >= 15 is 0 Å². The third-order valence-electron chi connectivity index (χ3n) is 5.88. The van der Waals surface area contributed by atoms with Crippen LogP contribution in [0.2, 0.25) is 0 Å². The molecule has 0 spiro atoms. The third kappa shape index (κ3) is 4.04. The summed E-state index contributed by atoms with van der Waals surface area (Å²) >= 11 is 0. The van der Waals surface area contributed by atoms with Gasteiger partial charge in [0, 0.05) is 61.8 Å². The maximum atomic E-state index is 13.8. The van der Waals surface area contributed by atoms with Gasteiger partial charge in [-0.15, -0.1) is 0 Å². The Kier molecular flexibility index (Phi) is 5.36. The lowest BCUT2D eigenvalue weighted by atomic mass is 10.2. The molecule has 0 bridgehead atoms. The van der Waals surface area contributed by atoms with E-state index in [1.54, 1.807) is 12.1 Å². The van der Waals surface area contributed by atoms with Crippen LogP contribution in [0.3, 0.4) is 0 Å². The van der Waals surface area contributed by atoms with Gasteiger partial charge in [-0.25, -0.2) is 4.39 Å². The zero-order valence-electron chi connectivity index (χ0n) is 16.7. The molecule has 2 aromatic rings. The summed E-state index contributed by atoms with van der Waals surface area (Å²) in [6.45, 7) is 7.76. The lowest BCUT2D eigenvalue weighted by Gasteiger charge is -2.34. The van der Waals surface area contributed by atoms with Crippen molar-refractivity contribution in [2.45, 2.75) is 39.3 Å². The molecule has 0 radical (unpaired) electrons. The Bertz CT molecular complexity index is 889. The first-order chi connectivity index (χ1) is 13.5. The molecule has 4 rings (SSSR count). The van der Waals surface area contributed by atoms with Gasteiger partial charge >= 0.3 is 0 Å². The number of aromatic nitrogens is 1. The van der Waals surface area contributed by atoms with Crippen molar-refractivity contribution in [1.29, 1.82) is 0 Å². The van der Waals surface area contributed by atoms with Crippen LogP contribution in [0.15, 0.2) is 36.4 Å². The second-order valence-electron chi connectivity index (χ2n) is 7.95. The Hall–Kier alpha value is -2.40. The molecule has 2 aliphatic rings. The summed E-state index contributed by atoms with van der Waals surface area (Å²) in [5.74, 6) is -0.102. The Morgan fingerprint density at radius 1 is 1.14 bits per heavy atom. The molecule has 2 fully saturated rings. The highest BCUT2D eigenvalue weighted by Gasteiger charge is 2.26. The SMILES string of the molecule is Cc1cc(C=CC(=O)N2CCN(Cc3ccccc3F)CC2)c(C)n1C1CC1. The first-order valence-electron chi connectivity index (χ1n) is 10.1. The van der Waals surface area contributed by atoms with Gasteiger partial charge in [0.25, 0.3) is 0 Å². The van der Waals surface area contributed by atoms with Gasteiger partial charge in [0.05, 0.1) is 0 Å². The van der Waals surface area contributed by atoms with Crippen LogP contribution in [0, 0.1) is 19.7 Å². The zero-order chi connectivity index (χ0) is 19.7. The summed E-state index contributed by atoms with van der Waals surface area (Å²) in [6, 6.07) is 9.73. The fraction of sp³-hybridized carbons (Fsp3) is 0.435. The van der Waals surface area contributed by atoms with E-state index in [0.717, 1.165) is 18.7 Å². The first kappa shape index (κ1) is 18.9. The third-order valence-corrected chi connectivity index (χ3v) is 5.88. The molecule has 1 saturated carbocycles. The second kappa shape index (κ2) is 7.92. The van der Waals surface area contributed by atoms with E-state index in [4.69, 9.17) is 0 Å². The molecule has 1 aliphatic heterocycles. The van der Waals surface area contributed by atoms with Crippen LogP contribution < -0.4 is 0 Å². The molecule has 1 aromatic heterocycles. The summed E-state index contributed by atoms with van der Waals surface area (Å²) in [6.07, 6.45) is 6.17. The molecule has 5 heteroatoms. The lowest BCUT2D eigenvalue weighted by molar-refractivity contribution is -0.127. The van der Waals surface area contributed by atoms with Gasteiger partial charge in [-0.05, 0) is 50.5 Å². The number of benzene rings is 1. The van der Waals surface area contributed by atoms with E-state index < -0.39 is 0 Å². The van der Waals surface area contributed by atoms with Crippen LogP contribution >= 0.6 is 0 Å². The molecule has 0 N–H and O–H groups in total. The molecule has 148 valence electrons. The molecular weight excluding hydrogens is 353 g/mol. The maximum absolute atomic E-state index is 13.8. The number of nitrogens with zero attached hydrogens (tertiary/aromatic N) is 3. The van der Waals surface area contributed by atoms with Crippen LogP contribution in [0.4, 0.5) is 4.39 Å². The van der Waals surface area contributed by atoms with E-state index in [-0.39, 0.29) is 11.7 Å². The number of hydrogen-bond donors (Lipinski definition) is 0. The highest BCUT2D eigenvalue weighted by molar-refractivity contribution is 5.92. The van der Waals surface area contributed by atoms with Crippen molar-refractivity contribution >= 4 is 12.0 Å². The standard InChI is InChI=1S/C23H28FN3O/c1-17-15-19(18(2)27(17)21-8-9-21)7-10-23(28)26-13-11-25(12-14-26)16-20-5-3-4-6-22(20)24/h3-7,10,15,21H,8-9,11-14,16H2,1-2H3. The van der Waals surface area contributed by atoms with Crippen molar-refractivity contribution in [2.75, 3.05) is 26.2 Å². The predicted octanol–water partition coefficient (Wildman–Crippen LogP) is 3.94. The molecule has 2 heterocycles. The Morgan fingerprint density at radius 2 is 1.86 bits per heavy atom. The first-order valence-corrected chi connectivity index (χ1v) is 10.1. The fourth-order valence-electron chi connectivity index (χ4n) is 4.13. The minimum atomic E-state index is -0.160. The number of amides is 1. The number of hydrogen-bond acceptors (Lipinski definition) is 2. The van der Waals surface area contributed by atoms with Gasteiger partial charge in [-0.3, -0.25) is 9.69 Å². The molecule has 1 saturated heterocycles. The van der Waals surface area contributed by atoms with Crippen LogP contribution in [0.5, 0.6) is 0 Å². The number of aryl methyl sites for hydroxylation is 1. The minimum Gasteiger partial charge on any atom is -0.346 e. The van der Waals surface area contributed by atoms with Crippen molar-refractivity contribution in [3.63, 3.8) is 0 Å². The van der Waals surface area contributed by atoms with Gasteiger partial charge in [0.1, 0.15) is 5.82 Å². The van der Waals surface area contributed by atoms with E-state index in [1.807, 2.05) is 23.1 Å². The summed E-state index contributed by atoms with van der Waals surface area (Å²) in [5.41, 5.74) is 4.37. The molecule has 1 aliphatic carbocycles. The summed E-state index contributed by atoms with van der Waals surface area (Å²) in [7, 11) is 0. The highest BCUT2D eigenvalue weighted by Crippen LogP contribution is 2.38. The van der Waals surface area contributed by atoms with Gasteiger partial charge in [-0.1, -0.05) is 18.2 Å².